The van der Waals surface area contributed by atoms with Gasteiger partial charge in [0.15, 0.2) is 0 Å². The van der Waals surface area contributed by atoms with Gasteiger partial charge in [-0.05, 0) is 32.7 Å². The maximum atomic E-state index is 2.45. The standard InChI is InChI=1S/C11H21N/c1-9(2)6-7-12(5)10-8-11(10,3)4/h6,10H,7-8H2,1-5H3. The molecule has 70 valence electrons. The van der Waals surface area contributed by atoms with Crippen LogP contribution in [-0.2, 0) is 0 Å². The van der Waals surface area contributed by atoms with E-state index < -0.39 is 0 Å². The molecule has 12 heavy (non-hydrogen) atoms. The molecule has 0 heterocycles. The predicted molar refractivity (Wildman–Crippen MR) is 54.2 cm³/mol. The normalized spacial score (nSPS) is 25.7. The van der Waals surface area contributed by atoms with E-state index in [1.807, 2.05) is 0 Å². The van der Waals surface area contributed by atoms with Crippen molar-refractivity contribution in [1.82, 2.24) is 4.90 Å². The van der Waals surface area contributed by atoms with E-state index in [0.29, 0.717) is 5.41 Å². The van der Waals surface area contributed by atoms with Gasteiger partial charge < -0.3 is 0 Å². The van der Waals surface area contributed by atoms with E-state index in [2.05, 4.69) is 45.7 Å². The zero-order valence-electron chi connectivity index (χ0n) is 9.02. The molecule has 1 aliphatic rings. The second-order valence-corrected chi connectivity index (χ2v) is 4.93. The van der Waals surface area contributed by atoms with Crippen LogP contribution in [-0.4, -0.2) is 24.5 Å². The SMILES string of the molecule is CC(C)=CCN(C)C1CC1(C)C. The van der Waals surface area contributed by atoms with Gasteiger partial charge in [0.1, 0.15) is 0 Å². The Bertz CT molecular complexity index is 187. The van der Waals surface area contributed by atoms with Crippen molar-refractivity contribution < 1.29 is 0 Å². The van der Waals surface area contributed by atoms with Gasteiger partial charge >= 0.3 is 0 Å². The number of allylic oxidation sites excluding steroid dienone is 1. The quantitative estimate of drug-likeness (QED) is 0.584. The second-order valence-electron chi connectivity index (χ2n) is 4.93. The molecule has 0 N–H and O–H groups in total. The molecule has 0 radical (unpaired) electrons. The van der Waals surface area contributed by atoms with Crippen molar-refractivity contribution >= 4 is 0 Å². The Morgan fingerprint density at radius 3 is 2.33 bits per heavy atom. The van der Waals surface area contributed by atoms with E-state index in [1.54, 1.807) is 0 Å². The van der Waals surface area contributed by atoms with Gasteiger partial charge in [0.05, 0.1) is 0 Å². The molecule has 0 bridgehead atoms. The topological polar surface area (TPSA) is 3.24 Å². The molecule has 0 spiro atoms. The lowest BCUT2D eigenvalue weighted by molar-refractivity contribution is 0.315. The minimum Gasteiger partial charge on any atom is -0.299 e. The van der Waals surface area contributed by atoms with E-state index >= 15 is 0 Å². The summed E-state index contributed by atoms with van der Waals surface area (Å²) in [7, 11) is 2.22. The van der Waals surface area contributed by atoms with Gasteiger partial charge in [-0.3, -0.25) is 4.90 Å². The minimum absolute atomic E-state index is 0.574. The maximum absolute atomic E-state index is 2.45. The van der Waals surface area contributed by atoms with Crippen molar-refractivity contribution in [2.24, 2.45) is 5.41 Å². The summed E-state index contributed by atoms with van der Waals surface area (Å²) in [6.45, 7) is 10.1. The highest BCUT2D eigenvalue weighted by atomic mass is 15.2. The van der Waals surface area contributed by atoms with E-state index in [0.717, 1.165) is 12.6 Å². The zero-order valence-corrected chi connectivity index (χ0v) is 9.02. The molecule has 0 aromatic carbocycles. The van der Waals surface area contributed by atoms with Gasteiger partial charge in [0, 0.05) is 12.6 Å². The Morgan fingerprint density at radius 1 is 1.50 bits per heavy atom. The Labute approximate surface area is 76.5 Å². The van der Waals surface area contributed by atoms with Crippen LogP contribution in [0.3, 0.4) is 0 Å². The van der Waals surface area contributed by atoms with Crippen molar-refractivity contribution in [2.75, 3.05) is 13.6 Å². The summed E-state index contributed by atoms with van der Waals surface area (Å²) in [5.41, 5.74) is 1.99. The van der Waals surface area contributed by atoms with Gasteiger partial charge in [-0.1, -0.05) is 25.5 Å². The van der Waals surface area contributed by atoms with Crippen LogP contribution in [0.2, 0.25) is 0 Å². The first-order valence-electron chi connectivity index (χ1n) is 4.77. The number of hydrogen-bond donors (Lipinski definition) is 0. The lowest BCUT2D eigenvalue weighted by Crippen LogP contribution is -2.24. The van der Waals surface area contributed by atoms with Crippen molar-refractivity contribution in [3.8, 4) is 0 Å². The van der Waals surface area contributed by atoms with Crippen molar-refractivity contribution in [3.63, 3.8) is 0 Å². The molecule has 0 amide bonds. The highest BCUT2D eigenvalue weighted by Gasteiger charge is 2.47. The molecular weight excluding hydrogens is 146 g/mol. The van der Waals surface area contributed by atoms with Gasteiger partial charge in [0.25, 0.3) is 0 Å². The first-order chi connectivity index (χ1) is 5.43. The van der Waals surface area contributed by atoms with Crippen LogP contribution in [0.4, 0.5) is 0 Å². The van der Waals surface area contributed by atoms with Crippen molar-refractivity contribution in [2.45, 2.75) is 40.2 Å². The molecule has 0 aromatic heterocycles. The first-order valence-corrected chi connectivity index (χ1v) is 4.77. The number of rotatable bonds is 3. The fourth-order valence-electron chi connectivity index (χ4n) is 1.65. The van der Waals surface area contributed by atoms with Gasteiger partial charge in [0.2, 0.25) is 0 Å². The van der Waals surface area contributed by atoms with Crippen LogP contribution in [0.25, 0.3) is 0 Å². The lowest BCUT2D eigenvalue weighted by atomic mass is 10.2. The Balaban J connectivity index is 2.32. The minimum atomic E-state index is 0.574. The number of likely N-dealkylation sites (N-methyl/N-ethyl adjacent to an activating group) is 1. The molecule has 1 aliphatic carbocycles. The van der Waals surface area contributed by atoms with Crippen molar-refractivity contribution in [3.05, 3.63) is 11.6 Å². The molecule has 1 unspecified atom stereocenters. The molecule has 1 rings (SSSR count). The third kappa shape index (κ3) is 2.34. The van der Waals surface area contributed by atoms with E-state index in [1.165, 1.54) is 12.0 Å². The monoisotopic (exact) mass is 167 g/mol. The molecule has 1 nitrogen and oxygen atoms in total. The summed E-state index contributed by atoms with van der Waals surface area (Å²) >= 11 is 0. The predicted octanol–water partition coefficient (Wildman–Crippen LogP) is 2.68. The number of nitrogens with zero attached hydrogens (tertiary/aromatic N) is 1. The van der Waals surface area contributed by atoms with Crippen LogP contribution in [0.15, 0.2) is 11.6 Å². The van der Waals surface area contributed by atoms with Gasteiger partial charge in [-0.25, -0.2) is 0 Å². The fraction of sp³-hybridized carbons (Fsp3) is 0.818. The fourth-order valence-corrected chi connectivity index (χ4v) is 1.65. The molecule has 1 atom stereocenters. The van der Waals surface area contributed by atoms with E-state index in [9.17, 15) is 0 Å². The van der Waals surface area contributed by atoms with Crippen molar-refractivity contribution in [1.29, 1.82) is 0 Å². The summed E-state index contributed by atoms with van der Waals surface area (Å²) in [5, 5.41) is 0. The molecule has 1 saturated carbocycles. The maximum Gasteiger partial charge on any atom is 0.0165 e. The third-order valence-corrected chi connectivity index (χ3v) is 2.78. The van der Waals surface area contributed by atoms with Gasteiger partial charge in [-0.15, -0.1) is 0 Å². The molecule has 1 fully saturated rings. The average molecular weight is 167 g/mol. The molecule has 0 aliphatic heterocycles. The summed E-state index contributed by atoms with van der Waals surface area (Å²) in [5.74, 6) is 0. The second kappa shape index (κ2) is 3.21. The van der Waals surface area contributed by atoms with Crippen LogP contribution in [0, 0.1) is 5.41 Å². The van der Waals surface area contributed by atoms with Crippen LogP contribution in [0.1, 0.15) is 34.1 Å². The highest BCUT2D eigenvalue weighted by molar-refractivity contribution is 5.04. The zero-order chi connectivity index (χ0) is 9.35. The van der Waals surface area contributed by atoms with Crippen LogP contribution < -0.4 is 0 Å². The average Bonchev–Trinajstić information content (AvgIpc) is 2.55. The largest absolute Gasteiger partial charge is 0.299 e. The van der Waals surface area contributed by atoms with E-state index in [4.69, 9.17) is 0 Å². The van der Waals surface area contributed by atoms with Crippen LogP contribution >= 0.6 is 0 Å². The smallest absolute Gasteiger partial charge is 0.0165 e. The lowest BCUT2D eigenvalue weighted by Gasteiger charge is -2.16. The summed E-state index contributed by atoms with van der Waals surface area (Å²) in [4.78, 5) is 2.45. The number of hydrogen-bond acceptors (Lipinski definition) is 1. The van der Waals surface area contributed by atoms with E-state index in [-0.39, 0.29) is 0 Å². The summed E-state index contributed by atoms with van der Waals surface area (Å²) in [6.07, 6.45) is 3.66. The third-order valence-electron chi connectivity index (χ3n) is 2.78. The summed E-state index contributed by atoms with van der Waals surface area (Å²) in [6, 6.07) is 0.813. The Kier molecular flexibility index (Phi) is 2.62. The molecule has 1 heteroatoms. The molecule has 0 saturated heterocycles. The highest BCUT2D eigenvalue weighted by Crippen LogP contribution is 2.47. The molecular formula is C11H21N. The Hall–Kier alpha value is -0.300. The first kappa shape index (κ1) is 9.79. The molecule has 0 aromatic rings. The van der Waals surface area contributed by atoms with Gasteiger partial charge in [-0.2, -0.15) is 0 Å². The Morgan fingerprint density at radius 2 is 2.00 bits per heavy atom. The summed E-state index contributed by atoms with van der Waals surface area (Å²) < 4.78 is 0. The van der Waals surface area contributed by atoms with Crippen LogP contribution in [0.5, 0.6) is 0 Å².